The summed E-state index contributed by atoms with van der Waals surface area (Å²) in [4.78, 5) is 4.39. The molecule has 0 spiro atoms. The van der Waals surface area contributed by atoms with Gasteiger partial charge in [-0.3, -0.25) is 0 Å². The lowest BCUT2D eigenvalue weighted by molar-refractivity contribution is 0.430. The SMILES string of the molecule is Cc1ccccc1-c1noc(-c2ccc(Nc3ccc(F)cc3)nn2)n1. The summed E-state index contributed by atoms with van der Waals surface area (Å²) in [7, 11) is 0. The first kappa shape index (κ1) is 15.9. The fourth-order valence-electron chi connectivity index (χ4n) is 2.45. The molecule has 0 saturated heterocycles. The molecular formula is C19H14FN5O. The van der Waals surface area contributed by atoms with Crippen molar-refractivity contribution in [3.8, 4) is 23.0 Å². The molecule has 0 fully saturated rings. The highest BCUT2D eigenvalue weighted by molar-refractivity contribution is 5.62. The Morgan fingerprint density at radius 3 is 2.46 bits per heavy atom. The Bertz CT molecular complexity index is 1030. The first-order chi connectivity index (χ1) is 12.7. The molecule has 0 unspecified atom stereocenters. The van der Waals surface area contributed by atoms with E-state index >= 15 is 0 Å². The van der Waals surface area contributed by atoms with Crippen LogP contribution < -0.4 is 5.32 Å². The zero-order chi connectivity index (χ0) is 17.9. The maximum Gasteiger partial charge on any atom is 0.278 e. The van der Waals surface area contributed by atoms with Gasteiger partial charge in [-0.1, -0.05) is 29.4 Å². The minimum atomic E-state index is -0.294. The average molecular weight is 347 g/mol. The van der Waals surface area contributed by atoms with Crippen LogP contribution >= 0.6 is 0 Å². The van der Waals surface area contributed by atoms with Crippen LogP contribution in [0, 0.1) is 12.7 Å². The first-order valence-corrected chi connectivity index (χ1v) is 7.95. The van der Waals surface area contributed by atoms with Crippen molar-refractivity contribution in [2.24, 2.45) is 0 Å². The number of hydrogen-bond acceptors (Lipinski definition) is 6. The lowest BCUT2D eigenvalue weighted by Crippen LogP contribution is -1.96. The Balaban J connectivity index is 1.54. The summed E-state index contributed by atoms with van der Waals surface area (Å²) in [5.74, 6) is 1.04. The number of nitrogens with one attached hydrogen (secondary N) is 1. The molecule has 2 heterocycles. The van der Waals surface area contributed by atoms with Crippen molar-refractivity contribution < 1.29 is 8.91 Å². The minimum Gasteiger partial charge on any atom is -0.339 e. The second kappa shape index (κ2) is 6.72. The van der Waals surface area contributed by atoms with E-state index in [0.717, 1.165) is 11.1 Å². The van der Waals surface area contributed by atoms with Gasteiger partial charge in [0.1, 0.15) is 5.82 Å². The zero-order valence-corrected chi connectivity index (χ0v) is 13.8. The standard InChI is InChI=1S/C19H14FN5O/c1-12-4-2-3-5-15(12)18-22-19(26-25-18)16-10-11-17(24-23-16)21-14-8-6-13(20)7-9-14/h2-11H,1H3,(H,21,24). The highest BCUT2D eigenvalue weighted by Gasteiger charge is 2.13. The van der Waals surface area contributed by atoms with Gasteiger partial charge < -0.3 is 9.84 Å². The lowest BCUT2D eigenvalue weighted by Gasteiger charge is -2.04. The van der Waals surface area contributed by atoms with Gasteiger partial charge in [-0.2, -0.15) is 4.98 Å². The lowest BCUT2D eigenvalue weighted by atomic mass is 10.1. The average Bonchev–Trinajstić information content (AvgIpc) is 3.14. The summed E-state index contributed by atoms with van der Waals surface area (Å²) in [6, 6.07) is 17.3. The zero-order valence-electron chi connectivity index (χ0n) is 13.8. The fraction of sp³-hybridized carbons (Fsp3) is 0.0526. The summed E-state index contributed by atoms with van der Waals surface area (Å²) < 4.78 is 18.2. The fourth-order valence-corrected chi connectivity index (χ4v) is 2.45. The van der Waals surface area contributed by atoms with Crippen LogP contribution in [0.5, 0.6) is 0 Å². The maximum absolute atomic E-state index is 12.9. The number of benzene rings is 2. The molecule has 0 aliphatic rings. The van der Waals surface area contributed by atoms with Crippen molar-refractivity contribution in [3.63, 3.8) is 0 Å². The van der Waals surface area contributed by atoms with Crippen LogP contribution in [0.4, 0.5) is 15.9 Å². The van der Waals surface area contributed by atoms with Crippen molar-refractivity contribution in [2.75, 3.05) is 5.32 Å². The molecule has 4 rings (SSSR count). The van der Waals surface area contributed by atoms with Gasteiger partial charge in [0, 0.05) is 11.3 Å². The molecule has 6 nitrogen and oxygen atoms in total. The number of hydrogen-bond donors (Lipinski definition) is 1. The van der Waals surface area contributed by atoms with Gasteiger partial charge in [-0.25, -0.2) is 4.39 Å². The molecular weight excluding hydrogens is 333 g/mol. The molecule has 0 amide bonds. The molecule has 1 N–H and O–H groups in total. The van der Waals surface area contributed by atoms with Crippen LogP contribution in [-0.4, -0.2) is 20.3 Å². The highest BCUT2D eigenvalue weighted by atomic mass is 19.1. The normalized spacial score (nSPS) is 10.7. The third-order valence-corrected chi connectivity index (χ3v) is 3.81. The summed E-state index contributed by atoms with van der Waals surface area (Å²) >= 11 is 0. The molecule has 0 atom stereocenters. The molecule has 2 aromatic heterocycles. The molecule has 128 valence electrons. The maximum atomic E-state index is 12.9. The monoisotopic (exact) mass is 347 g/mol. The molecule has 26 heavy (non-hydrogen) atoms. The van der Waals surface area contributed by atoms with Crippen LogP contribution in [0.2, 0.25) is 0 Å². The highest BCUT2D eigenvalue weighted by Crippen LogP contribution is 2.23. The summed E-state index contributed by atoms with van der Waals surface area (Å²) in [6.45, 7) is 1.99. The Morgan fingerprint density at radius 2 is 1.73 bits per heavy atom. The third-order valence-electron chi connectivity index (χ3n) is 3.81. The van der Waals surface area contributed by atoms with Crippen molar-refractivity contribution in [3.05, 3.63) is 72.0 Å². The molecule has 0 radical (unpaired) electrons. The predicted octanol–water partition coefficient (Wildman–Crippen LogP) is 4.38. The molecule has 4 aromatic rings. The summed E-state index contributed by atoms with van der Waals surface area (Å²) in [6.07, 6.45) is 0. The quantitative estimate of drug-likeness (QED) is 0.590. The Morgan fingerprint density at radius 1 is 0.923 bits per heavy atom. The summed E-state index contributed by atoms with van der Waals surface area (Å²) in [5, 5.41) is 15.3. The summed E-state index contributed by atoms with van der Waals surface area (Å²) in [5.41, 5.74) is 3.16. The number of nitrogens with zero attached hydrogens (tertiary/aromatic N) is 4. The van der Waals surface area contributed by atoms with E-state index in [1.54, 1.807) is 24.3 Å². The Hall–Kier alpha value is -3.61. The molecule has 0 aliphatic heterocycles. The van der Waals surface area contributed by atoms with Crippen LogP contribution in [0.1, 0.15) is 5.56 Å². The molecule has 0 bridgehead atoms. The van der Waals surface area contributed by atoms with Gasteiger partial charge in [0.2, 0.25) is 5.82 Å². The van der Waals surface area contributed by atoms with Crippen LogP contribution in [0.3, 0.4) is 0 Å². The predicted molar refractivity (Wildman–Crippen MR) is 95.2 cm³/mol. The molecule has 0 aliphatic carbocycles. The Kier molecular flexibility index (Phi) is 4.10. The minimum absolute atomic E-state index is 0.294. The number of aryl methyl sites for hydroxylation is 1. The van der Waals surface area contributed by atoms with Gasteiger partial charge in [-0.15, -0.1) is 10.2 Å². The van der Waals surface area contributed by atoms with Crippen LogP contribution in [0.15, 0.2) is 65.2 Å². The van der Waals surface area contributed by atoms with Gasteiger partial charge in [0.05, 0.1) is 0 Å². The Labute approximate surface area is 148 Å². The van der Waals surface area contributed by atoms with E-state index in [9.17, 15) is 4.39 Å². The number of rotatable bonds is 4. The molecule has 2 aromatic carbocycles. The van der Waals surface area contributed by atoms with Crippen molar-refractivity contribution in [2.45, 2.75) is 6.92 Å². The number of aromatic nitrogens is 4. The van der Waals surface area contributed by atoms with E-state index in [1.807, 2.05) is 31.2 Å². The second-order valence-electron chi connectivity index (χ2n) is 5.67. The van der Waals surface area contributed by atoms with Gasteiger partial charge in [0.15, 0.2) is 11.5 Å². The van der Waals surface area contributed by atoms with E-state index < -0.39 is 0 Å². The topological polar surface area (TPSA) is 76.7 Å². The van der Waals surface area contributed by atoms with Crippen molar-refractivity contribution >= 4 is 11.5 Å². The van der Waals surface area contributed by atoms with E-state index in [0.29, 0.717) is 28.9 Å². The van der Waals surface area contributed by atoms with Gasteiger partial charge in [0.25, 0.3) is 5.89 Å². The van der Waals surface area contributed by atoms with E-state index in [2.05, 4.69) is 25.7 Å². The molecule has 0 saturated carbocycles. The van der Waals surface area contributed by atoms with Gasteiger partial charge in [-0.05, 0) is 48.9 Å². The van der Waals surface area contributed by atoms with E-state index in [4.69, 9.17) is 4.52 Å². The number of halogens is 1. The van der Waals surface area contributed by atoms with Gasteiger partial charge >= 0.3 is 0 Å². The van der Waals surface area contributed by atoms with Crippen LogP contribution in [0.25, 0.3) is 23.0 Å². The smallest absolute Gasteiger partial charge is 0.278 e. The van der Waals surface area contributed by atoms with E-state index in [-0.39, 0.29) is 5.82 Å². The van der Waals surface area contributed by atoms with Crippen LogP contribution in [-0.2, 0) is 0 Å². The second-order valence-corrected chi connectivity index (χ2v) is 5.67. The van der Waals surface area contributed by atoms with Crippen molar-refractivity contribution in [1.29, 1.82) is 0 Å². The third kappa shape index (κ3) is 3.27. The first-order valence-electron chi connectivity index (χ1n) is 7.95. The molecule has 7 heteroatoms. The van der Waals surface area contributed by atoms with E-state index in [1.165, 1.54) is 12.1 Å². The largest absolute Gasteiger partial charge is 0.339 e. The van der Waals surface area contributed by atoms with Crippen molar-refractivity contribution in [1.82, 2.24) is 20.3 Å². The number of anilines is 2.